The van der Waals surface area contributed by atoms with Gasteiger partial charge >= 0.3 is 0 Å². The van der Waals surface area contributed by atoms with E-state index in [2.05, 4.69) is 36.2 Å². The lowest BCUT2D eigenvalue weighted by atomic mass is 10.0. The van der Waals surface area contributed by atoms with Crippen LogP contribution in [0.3, 0.4) is 0 Å². The summed E-state index contributed by atoms with van der Waals surface area (Å²) in [5.41, 5.74) is 2.05. The van der Waals surface area contributed by atoms with Gasteiger partial charge in [0.2, 0.25) is 0 Å². The molecule has 1 aromatic rings. The maximum atomic E-state index is 12.7. The number of likely N-dealkylation sites (tertiary alicyclic amines) is 1. The van der Waals surface area contributed by atoms with E-state index in [-0.39, 0.29) is 18.1 Å². The molecular weight excluding hydrogens is 314 g/mol. The molecule has 2 fully saturated rings. The molecule has 5 heteroatoms. The van der Waals surface area contributed by atoms with Crippen LogP contribution in [0.2, 0.25) is 0 Å². The van der Waals surface area contributed by atoms with Gasteiger partial charge < -0.3 is 15.0 Å². The molecule has 2 saturated heterocycles. The number of likely N-dealkylation sites (N-methyl/N-ethyl adjacent to an activating group) is 1. The van der Waals surface area contributed by atoms with Gasteiger partial charge in [-0.05, 0) is 51.4 Å². The first-order valence-electron chi connectivity index (χ1n) is 9.48. The van der Waals surface area contributed by atoms with E-state index in [1.807, 2.05) is 24.1 Å². The summed E-state index contributed by atoms with van der Waals surface area (Å²) in [6.45, 7) is 8.76. The quantitative estimate of drug-likeness (QED) is 0.908. The van der Waals surface area contributed by atoms with Crippen molar-refractivity contribution < 1.29 is 9.53 Å². The van der Waals surface area contributed by atoms with Crippen molar-refractivity contribution in [1.29, 1.82) is 0 Å². The second-order valence-electron chi connectivity index (χ2n) is 7.53. The molecular formula is C20H31N3O2. The summed E-state index contributed by atoms with van der Waals surface area (Å²) in [6.07, 6.45) is 2.78. The molecule has 0 aromatic heterocycles. The number of hydrogen-bond donors (Lipinski definition) is 1. The molecule has 1 N–H and O–H groups in total. The van der Waals surface area contributed by atoms with E-state index in [1.165, 1.54) is 5.56 Å². The molecule has 3 atom stereocenters. The van der Waals surface area contributed by atoms with Crippen LogP contribution < -0.4 is 5.32 Å². The summed E-state index contributed by atoms with van der Waals surface area (Å²) in [4.78, 5) is 17.1. The summed E-state index contributed by atoms with van der Waals surface area (Å²) in [5, 5.41) is 3.29. The van der Waals surface area contributed by atoms with Crippen molar-refractivity contribution in [2.45, 2.75) is 51.5 Å². The highest BCUT2D eigenvalue weighted by molar-refractivity contribution is 5.94. The Balaban J connectivity index is 1.59. The summed E-state index contributed by atoms with van der Waals surface area (Å²) >= 11 is 0. The van der Waals surface area contributed by atoms with E-state index in [0.29, 0.717) is 6.04 Å². The second-order valence-corrected chi connectivity index (χ2v) is 7.53. The topological polar surface area (TPSA) is 44.8 Å². The van der Waals surface area contributed by atoms with E-state index >= 15 is 0 Å². The van der Waals surface area contributed by atoms with Gasteiger partial charge in [-0.2, -0.15) is 0 Å². The molecule has 0 unspecified atom stereocenters. The van der Waals surface area contributed by atoms with Crippen molar-refractivity contribution in [3.8, 4) is 0 Å². The van der Waals surface area contributed by atoms with Gasteiger partial charge in [0.25, 0.3) is 5.91 Å². The Morgan fingerprint density at radius 2 is 1.84 bits per heavy atom. The maximum absolute atomic E-state index is 12.7. The minimum atomic E-state index is 0.153. The van der Waals surface area contributed by atoms with Crippen molar-refractivity contribution in [3.05, 3.63) is 35.4 Å². The molecule has 0 spiro atoms. The lowest BCUT2D eigenvalue weighted by molar-refractivity contribution is -0.0704. The number of ether oxygens (including phenoxy) is 1. The normalized spacial score (nSPS) is 28.1. The fourth-order valence-corrected chi connectivity index (χ4v) is 4.00. The monoisotopic (exact) mass is 345 g/mol. The largest absolute Gasteiger partial charge is 0.373 e. The van der Waals surface area contributed by atoms with Crippen molar-refractivity contribution in [3.63, 3.8) is 0 Å². The first-order chi connectivity index (χ1) is 12.0. The van der Waals surface area contributed by atoms with Gasteiger partial charge in [0.05, 0.1) is 12.2 Å². The van der Waals surface area contributed by atoms with Crippen molar-refractivity contribution in [2.75, 3.05) is 33.2 Å². The number of benzene rings is 1. The molecule has 0 saturated carbocycles. The predicted octanol–water partition coefficient (Wildman–Crippen LogP) is 2.12. The third kappa shape index (κ3) is 4.81. The number of nitrogens with zero attached hydrogens (tertiary/aromatic N) is 2. The van der Waals surface area contributed by atoms with Crippen LogP contribution in [-0.2, 0) is 11.3 Å². The summed E-state index contributed by atoms with van der Waals surface area (Å²) in [5.74, 6) is 0.153. The molecule has 138 valence electrons. The number of hydrogen-bond acceptors (Lipinski definition) is 4. The number of rotatable bonds is 4. The molecule has 2 aliphatic rings. The lowest BCUT2D eigenvalue weighted by Gasteiger charge is -2.35. The zero-order valence-electron chi connectivity index (χ0n) is 15.7. The van der Waals surface area contributed by atoms with Gasteiger partial charge in [-0.15, -0.1) is 0 Å². The van der Waals surface area contributed by atoms with Crippen LogP contribution >= 0.6 is 0 Å². The second kappa shape index (κ2) is 8.30. The van der Waals surface area contributed by atoms with Crippen LogP contribution in [0.5, 0.6) is 0 Å². The number of carbonyl (C=O) groups excluding carboxylic acids is 1. The molecule has 0 radical (unpaired) electrons. The Morgan fingerprint density at radius 1 is 1.16 bits per heavy atom. The Morgan fingerprint density at radius 3 is 2.48 bits per heavy atom. The Hall–Kier alpha value is -1.43. The maximum Gasteiger partial charge on any atom is 0.253 e. The standard InChI is InChI=1S/C20H31N3O2/c1-15-11-22(12-16(2)25-15)13-17-6-8-18(9-7-17)20(24)23-10-4-5-19(14-23)21-3/h6-9,15-16,19,21H,4-5,10-14H2,1-3H3/t15-,16+,19-/m1/s1. The Kier molecular flexibility index (Phi) is 6.10. The highest BCUT2D eigenvalue weighted by atomic mass is 16.5. The summed E-state index contributed by atoms with van der Waals surface area (Å²) in [6, 6.07) is 8.57. The third-order valence-electron chi connectivity index (χ3n) is 5.22. The van der Waals surface area contributed by atoms with E-state index in [0.717, 1.165) is 51.1 Å². The third-order valence-corrected chi connectivity index (χ3v) is 5.22. The Bertz CT molecular complexity index is 565. The van der Waals surface area contributed by atoms with Crippen LogP contribution in [0.1, 0.15) is 42.6 Å². The minimum absolute atomic E-state index is 0.153. The molecule has 25 heavy (non-hydrogen) atoms. The van der Waals surface area contributed by atoms with Gasteiger partial charge in [-0.25, -0.2) is 0 Å². The predicted molar refractivity (Wildman–Crippen MR) is 99.7 cm³/mol. The molecule has 0 aliphatic carbocycles. The molecule has 1 amide bonds. The van der Waals surface area contributed by atoms with E-state index in [9.17, 15) is 4.79 Å². The van der Waals surface area contributed by atoms with Crippen LogP contribution in [0.15, 0.2) is 24.3 Å². The zero-order chi connectivity index (χ0) is 17.8. The number of carbonyl (C=O) groups is 1. The van der Waals surface area contributed by atoms with Crippen molar-refractivity contribution >= 4 is 5.91 Å². The fourth-order valence-electron chi connectivity index (χ4n) is 4.00. The smallest absolute Gasteiger partial charge is 0.253 e. The number of piperidine rings is 1. The number of nitrogens with one attached hydrogen (secondary N) is 1. The van der Waals surface area contributed by atoms with Crippen molar-refractivity contribution in [1.82, 2.24) is 15.1 Å². The van der Waals surface area contributed by atoms with Crippen molar-refractivity contribution in [2.24, 2.45) is 0 Å². The molecule has 0 bridgehead atoms. The van der Waals surface area contributed by atoms with E-state index in [4.69, 9.17) is 4.74 Å². The molecule has 5 nitrogen and oxygen atoms in total. The SMILES string of the molecule is CN[C@@H]1CCCN(C(=O)c2ccc(CN3C[C@@H](C)O[C@@H](C)C3)cc2)C1. The molecule has 2 heterocycles. The average molecular weight is 345 g/mol. The van der Waals surface area contributed by atoms with Gasteiger partial charge in [-0.3, -0.25) is 9.69 Å². The summed E-state index contributed by atoms with van der Waals surface area (Å²) in [7, 11) is 1.97. The first-order valence-corrected chi connectivity index (χ1v) is 9.48. The van der Waals surface area contributed by atoms with Gasteiger partial charge in [0.15, 0.2) is 0 Å². The average Bonchev–Trinajstić information content (AvgIpc) is 2.61. The van der Waals surface area contributed by atoms with Gasteiger partial charge in [0, 0.05) is 44.3 Å². The van der Waals surface area contributed by atoms with E-state index < -0.39 is 0 Å². The minimum Gasteiger partial charge on any atom is -0.373 e. The lowest BCUT2D eigenvalue weighted by Crippen LogP contribution is -2.47. The van der Waals surface area contributed by atoms with Crippen LogP contribution in [0.25, 0.3) is 0 Å². The fraction of sp³-hybridized carbons (Fsp3) is 0.650. The van der Waals surface area contributed by atoms with Crippen LogP contribution in [0, 0.1) is 0 Å². The van der Waals surface area contributed by atoms with E-state index in [1.54, 1.807) is 0 Å². The highest BCUT2D eigenvalue weighted by Crippen LogP contribution is 2.17. The van der Waals surface area contributed by atoms with Gasteiger partial charge in [-0.1, -0.05) is 12.1 Å². The molecule has 1 aromatic carbocycles. The van der Waals surface area contributed by atoms with Crippen LogP contribution in [0.4, 0.5) is 0 Å². The zero-order valence-corrected chi connectivity index (χ0v) is 15.7. The number of amides is 1. The van der Waals surface area contributed by atoms with Crippen LogP contribution in [-0.4, -0.2) is 67.2 Å². The molecule has 2 aliphatic heterocycles. The van der Waals surface area contributed by atoms with Gasteiger partial charge in [0.1, 0.15) is 0 Å². The first kappa shape index (κ1) is 18.4. The summed E-state index contributed by atoms with van der Waals surface area (Å²) < 4.78 is 5.79. The Labute approximate surface area is 151 Å². The molecule has 3 rings (SSSR count). The number of morpholine rings is 1. The highest BCUT2D eigenvalue weighted by Gasteiger charge is 2.24.